The van der Waals surface area contributed by atoms with E-state index in [2.05, 4.69) is 58.5 Å². The first-order valence-corrected chi connectivity index (χ1v) is 11.2. The van der Waals surface area contributed by atoms with Crippen LogP contribution in [0.25, 0.3) is 0 Å². The van der Waals surface area contributed by atoms with Crippen LogP contribution in [0.1, 0.15) is 72.8 Å². The van der Waals surface area contributed by atoms with Crippen molar-refractivity contribution in [1.82, 2.24) is 20.4 Å². The lowest BCUT2D eigenvalue weighted by atomic mass is 9.89. The number of benzene rings is 1. The van der Waals surface area contributed by atoms with Gasteiger partial charge >= 0.3 is 0 Å². The molecule has 1 aliphatic heterocycles. The molecule has 1 saturated heterocycles. The first-order valence-electron chi connectivity index (χ1n) is 11.2. The maximum atomic E-state index is 12.2. The number of rotatable bonds is 8. The fourth-order valence-corrected chi connectivity index (χ4v) is 4.32. The van der Waals surface area contributed by atoms with Crippen LogP contribution in [-0.2, 0) is 12.8 Å². The van der Waals surface area contributed by atoms with Crippen molar-refractivity contribution < 1.29 is 4.79 Å². The van der Waals surface area contributed by atoms with E-state index in [4.69, 9.17) is 0 Å². The van der Waals surface area contributed by atoms with Gasteiger partial charge in [-0.2, -0.15) is 5.10 Å². The monoisotopic (exact) mass is 394 g/mol. The number of H-pyrrole nitrogens is 1. The van der Waals surface area contributed by atoms with Gasteiger partial charge in [0.25, 0.3) is 5.91 Å². The highest BCUT2D eigenvalue weighted by atomic mass is 16.1. The van der Waals surface area contributed by atoms with Crippen molar-refractivity contribution in [2.24, 2.45) is 5.92 Å². The lowest BCUT2D eigenvalue weighted by Gasteiger charge is -2.34. The van der Waals surface area contributed by atoms with Crippen molar-refractivity contribution in [3.8, 4) is 0 Å². The number of carbonyl (C=O) groups is 1. The van der Waals surface area contributed by atoms with E-state index in [1.807, 2.05) is 6.07 Å². The van der Waals surface area contributed by atoms with Crippen LogP contribution < -0.4 is 5.32 Å². The van der Waals surface area contributed by atoms with Gasteiger partial charge in [-0.05, 0) is 88.6 Å². The Morgan fingerprint density at radius 1 is 1.14 bits per heavy atom. The molecule has 2 N–H and O–H groups in total. The molecule has 2 aromatic rings. The van der Waals surface area contributed by atoms with E-state index in [9.17, 15) is 4.79 Å². The number of amides is 1. The Bertz CT molecular complexity index is 799. The number of hydrogen-bond acceptors (Lipinski definition) is 3. The average Bonchev–Trinajstić information content (AvgIpc) is 3.46. The van der Waals surface area contributed by atoms with Gasteiger partial charge in [-0.25, -0.2) is 0 Å². The third-order valence-electron chi connectivity index (χ3n) is 6.47. The summed E-state index contributed by atoms with van der Waals surface area (Å²) in [6, 6.07) is 11.5. The van der Waals surface area contributed by atoms with Gasteiger partial charge in [0.1, 0.15) is 5.69 Å². The van der Waals surface area contributed by atoms with Gasteiger partial charge in [0.15, 0.2) is 0 Å². The van der Waals surface area contributed by atoms with Crippen LogP contribution in [0.4, 0.5) is 0 Å². The Kier molecular flexibility index (Phi) is 6.34. The molecular weight excluding hydrogens is 360 g/mol. The Morgan fingerprint density at radius 2 is 1.83 bits per heavy atom. The smallest absolute Gasteiger partial charge is 0.271 e. The number of hydrogen-bond donors (Lipinski definition) is 2. The largest absolute Gasteiger partial charge is 0.350 e. The Morgan fingerprint density at radius 3 is 2.48 bits per heavy atom. The Balaban J connectivity index is 1.19. The van der Waals surface area contributed by atoms with Crippen molar-refractivity contribution in [2.45, 2.75) is 64.3 Å². The molecule has 0 spiro atoms. The van der Waals surface area contributed by atoms with Crippen molar-refractivity contribution in [3.63, 3.8) is 0 Å². The fraction of sp³-hybridized carbons (Fsp3) is 0.583. The van der Waals surface area contributed by atoms with Gasteiger partial charge in [0, 0.05) is 24.2 Å². The SMILES string of the molecule is CC(C)N1CCC(Cc2ccc(CCNC(=O)c3cc(C4CC4)[nH]n3)cc2)CC1. The molecule has 0 radical (unpaired) electrons. The minimum atomic E-state index is -0.0856. The highest BCUT2D eigenvalue weighted by Gasteiger charge is 2.26. The number of carbonyl (C=O) groups excluding carboxylic acids is 1. The quantitative estimate of drug-likeness (QED) is 0.713. The van der Waals surface area contributed by atoms with Crippen LogP contribution in [0.2, 0.25) is 0 Å². The maximum absolute atomic E-state index is 12.2. The van der Waals surface area contributed by atoms with Crippen LogP contribution in [0.15, 0.2) is 30.3 Å². The van der Waals surface area contributed by atoms with Crippen LogP contribution in [0.3, 0.4) is 0 Å². The summed E-state index contributed by atoms with van der Waals surface area (Å²) >= 11 is 0. The van der Waals surface area contributed by atoms with Crippen LogP contribution in [0, 0.1) is 5.92 Å². The number of nitrogens with zero attached hydrogens (tertiary/aromatic N) is 2. The molecule has 5 nitrogen and oxygen atoms in total. The fourth-order valence-electron chi connectivity index (χ4n) is 4.32. The van der Waals surface area contributed by atoms with Gasteiger partial charge in [0.2, 0.25) is 0 Å². The van der Waals surface area contributed by atoms with Gasteiger partial charge in [-0.1, -0.05) is 24.3 Å². The molecule has 0 bridgehead atoms. The number of aromatic nitrogens is 2. The minimum absolute atomic E-state index is 0.0856. The first-order chi connectivity index (χ1) is 14.1. The molecule has 1 aliphatic carbocycles. The van der Waals surface area contributed by atoms with E-state index in [1.54, 1.807) is 0 Å². The number of nitrogens with one attached hydrogen (secondary N) is 2. The number of likely N-dealkylation sites (tertiary alicyclic amines) is 1. The molecule has 29 heavy (non-hydrogen) atoms. The summed E-state index contributed by atoms with van der Waals surface area (Å²) < 4.78 is 0. The summed E-state index contributed by atoms with van der Waals surface area (Å²) in [5, 5.41) is 10.1. The topological polar surface area (TPSA) is 61.0 Å². The second-order valence-electron chi connectivity index (χ2n) is 9.08. The number of piperidine rings is 1. The van der Waals surface area contributed by atoms with Gasteiger partial charge < -0.3 is 10.2 Å². The predicted octanol–water partition coefficient (Wildman–Crippen LogP) is 3.92. The summed E-state index contributed by atoms with van der Waals surface area (Å²) in [7, 11) is 0. The molecule has 2 fully saturated rings. The third kappa shape index (κ3) is 5.47. The van der Waals surface area contributed by atoms with Crippen molar-refractivity contribution in [3.05, 3.63) is 52.8 Å². The lowest BCUT2D eigenvalue weighted by molar-refractivity contribution is 0.0949. The van der Waals surface area contributed by atoms with Crippen LogP contribution >= 0.6 is 0 Å². The highest BCUT2D eigenvalue weighted by molar-refractivity contribution is 5.92. The lowest BCUT2D eigenvalue weighted by Crippen LogP contribution is -2.38. The Hall–Kier alpha value is -2.14. The molecule has 1 saturated carbocycles. The normalized spacial score (nSPS) is 18.3. The molecule has 5 heteroatoms. The molecule has 1 aromatic heterocycles. The maximum Gasteiger partial charge on any atom is 0.271 e. The van der Waals surface area contributed by atoms with E-state index in [1.165, 1.54) is 56.3 Å². The van der Waals surface area contributed by atoms with Gasteiger partial charge in [0.05, 0.1) is 0 Å². The molecule has 1 aromatic carbocycles. The molecule has 0 atom stereocenters. The predicted molar refractivity (Wildman–Crippen MR) is 116 cm³/mol. The summed E-state index contributed by atoms with van der Waals surface area (Å²) in [4.78, 5) is 14.8. The zero-order valence-electron chi connectivity index (χ0n) is 17.8. The summed E-state index contributed by atoms with van der Waals surface area (Å²) in [6.07, 6.45) is 7.06. The standard InChI is InChI=1S/C24H34N4O/c1-17(2)28-13-10-20(11-14-28)15-19-5-3-18(4-6-19)9-12-25-24(29)23-16-22(26-27-23)21-7-8-21/h3-6,16-17,20-21H,7-15H2,1-2H3,(H,25,29)(H,26,27). The van der Waals surface area contributed by atoms with Crippen molar-refractivity contribution >= 4 is 5.91 Å². The van der Waals surface area contributed by atoms with Gasteiger partial charge in [-0.3, -0.25) is 9.89 Å². The first kappa shape index (κ1) is 20.1. The molecule has 4 rings (SSSR count). The van der Waals surface area contributed by atoms with E-state index < -0.39 is 0 Å². The minimum Gasteiger partial charge on any atom is -0.350 e. The van der Waals surface area contributed by atoms with Crippen LogP contribution in [0.5, 0.6) is 0 Å². The third-order valence-corrected chi connectivity index (χ3v) is 6.47. The Labute approximate surface area is 174 Å². The summed E-state index contributed by atoms with van der Waals surface area (Å²) in [5.74, 6) is 1.31. The van der Waals surface area contributed by atoms with Gasteiger partial charge in [-0.15, -0.1) is 0 Å². The molecule has 156 valence electrons. The molecule has 0 unspecified atom stereocenters. The average molecular weight is 395 g/mol. The van der Waals surface area contributed by atoms with E-state index in [-0.39, 0.29) is 5.91 Å². The molecular formula is C24H34N4O. The highest BCUT2D eigenvalue weighted by Crippen LogP contribution is 2.38. The molecule has 2 aliphatic rings. The van der Waals surface area contributed by atoms with E-state index in [0.29, 0.717) is 24.2 Å². The number of aromatic amines is 1. The second kappa shape index (κ2) is 9.12. The summed E-state index contributed by atoms with van der Waals surface area (Å²) in [6.45, 7) is 7.69. The van der Waals surface area contributed by atoms with Crippen molar-refractivity contribution in [2.75, 3.05) is 19.6 Å². The van der Waals surface area contributed by atoms with E-state index in [0.717, 1.165) is 18.0 Å². The molecule has 1 amide bonds. The second-order valence-corrected chi connectivity index (χ2v) is 9.08. The zero-order chi connectivity index (χ0) is 20.2. The van der Waals surface area contributed by atoms with Crippen LogP contribution in [-0.4, -0.2) is 46.7 Å². The van der Waals surface area contributed by atoms with Crippen molar-refractivity contribution in [1.29, 1.82) is 0 Å². The van der Waals surface area contributed by atoms with E-state index >= 15 is 0 Å². The summed E-state index contributed by atoms with van der Waals surface area (Å²) in [5.41, 5.74) is 4.31. The molecule has 2 heterocycles. The zero-order valence-corrected chi connectivity index (χ0v) is 17.8.